The molecule has 100 valence electrons. The standard InChI is InChI=1S/C14H11FN4O/c1-16-13(20)12-11(9-3-5-10(15)6-4-9)18-14-17-7-2-8-19(12)14/h2-8H,1H3,(H,16,20). The number of nitrogens with zero attached hydrogens (tertiary/aromatic N) is 3. The summed E-state index contributed by atoms with van der Waals surface area (Å²) in [5.74, 6) is -0.188. The molecule has 0 spiro atoms. The molecule has 0 fully saturated rings. The van der Waals surface area contributed by atoms with Gasteiger partial charge in [0.1, 0.15) is 17.2 Å². The van der Waals surface area contributed by atoms with Gasteiger partial charge in [-0.1, -0.05) is 0 Å². The van der Waals surface area contributed by atoms with Gasteiger partial charge >= 0.3 is 0 Å². The van der Waals surface area contributed by atoms with Gasteiger partial charge < -0.3 is 5.32 Å². The Morgan fingerprint density at radius 3 is 2.75 bits per heavy atom. The van der Waals surface area contributed by atoms with Crippen LogP contribution in [0.2, 0.25) is 0 Å². The first kappa shape index (κ1) is 12.3. The second-order valence-corrected chi connectivity index (χ2v) is 4.18. The van der Waals surface area contributed by atoms with Crippen LogP contribution < -0.4 is 5.32 Å². The van der Waals surface area contributed by atoms with Gasteiger partial charge in [0.25, 0.3) is 5.91 Å². The average molecular weight is 270 g/mol. The zero-order valence-corrected chi connectivity index (χ0v) is 10.7. The fourth-order valence-corrected chi connectivity index (χ4v) is 2.03. The maximum absolute atomic E-state index is 13.0. The molecule has 2 aromatic heterocycles. The summed E-state index contributed by atoms with van der Waals surface area (Å²) in [7, 11) is 1.55. The minimum atomic E-state index is -0.336. The number of aromatic nitrogens is 3. The summed E-state index contributed by atoms with van der Waals surface area (Å²) in [6, 6.07) is 7.56. The molecule has 0 saturated heterocycles. The highest BCUT2D eigenvalue weighted by Gasteiger charge is 2.19. The molecular formula is C14H11FN4O. The fraction of sp³-hybridized carbons (Fsp3) is 0.0714. The number of hydrogen-bond acceptors (Lipinski definition) is 3. The summed E-state index contributed by atoms with van der Waals surface area (Å²) in [5.41, 5.74) is 1.51. The number of halogens is 1. The maximum atomic E-state index is 13.0. The lowest BCUT2D eigenvalue weighted by Crippen LogP contribution is -2.20. The third-order valence-corrected chi connectivity index (χ3v) is 2.96. The minimum Gasteiger partial charge on any atom is -0.354 e. The first-order valence-electron chi connectivity index (χ1n) is 6.02. The molecule has 0 aliphatic heterocycles. The van der Waals surface area contributed by atoms with Crippen molar-refractivity contribution in [1.29, 1.82) is 0 Å². The third kappa shape index (κ3) is 1.91. The van der Waals surface area contributed by atoms with Crippen molar-refractivity contribution >= 4 is 11.7 Å². The lowest BCUT2D eigenvalue weighted by Gasteiger charge is -2.03. The molecule has 5 nitrogen and oxygen atoms in total. The van der Waals surface area contributed by atoms with E-state index in [0.717, 1.165) is 0 Å². The second-order valence-electron chi connectivity index (χ2n) is 4.18. The van der Waals surface area contributed by atoms with Gasteiger partial charge in [0, 0.05) is 25.0 Å². The zero-order valence-electron chi connectivity index (χ0n) is 10.7. The first-order chi connectivity index (χ1) is 9.70. The molecule has 6 heteroatoms. The summed E-state index contributed by atoms with van der Waals surface area (Å²) in [6.07, 6.45) is 3.32. The molecule has 0 aliphatic rings. The number of imidazole rings is 1. The Morgan fingerprint density at radius 1 is 1.30 bits per heavy atom. The highest BCUT2D eigenvalue weighted by Crippen LogP contribution is 2.24. The molecular weight excluding hydrogens is 259 g/mol. The van der Waals surface area contributed by atoms with Gasteiger partial charge in [-0.2, -0.15) is 0 Å². The Morgan fingerprint density at radius 2 is 2.05 bits per heavy atom. The van der Waals surface area contributed by atoms with Gasteiger partial charge in [-0.3, -0.25) is 9.20 Å². The summed E-state index contributed by atoms with van der Waals surface area (Å²) < 4.78 is 14.6. The summed E-state index contributed by atoms with van der Waals surface area (Å²) >= 11 is 0. The number of carbonyl (C=O) groups excluding carboxylic acids is 1. The molecule has 20 heavy (non-hydrogen) atoms. The normalized spacial score (nSPS) is 10.7. The van der Waals surface area contributed by atoms with E-state index in [9.17, 15) is 9.18 Å². The number of nitrogens with one attached hydrogen (secondary N) is 1. The molecule has 0 saturated carbocycles. The van der Waals surface area contributed by atoms with E-state index in [-0.39, 0.29) is 11.7 Å². The van der Waals surface area contributed by atoms with Crippen LogP contribution in [0.5, 0.6) is 0 Å². The van der Waals surface area contributed by atoms with Crippen LogP contribution in [-0.2, 0) is 0 Å². The summed E-state index contributed by atoms with van der Waals surface area (Å²) in [6.45, 7) is 0. The molecule has 1 N–H and O–H groups in total. The summed E-state index contributed by atoms with van der Waals surface area (Å²) in [4.78, 5) is 20.5. The highest BCUT2D eigenvalue weighted by molar-refractivity contribution is 5.99. The third-order valence-electron chi connectivity index (χ3n) is 2.96. The molecule has 0 radical (unpaired) electrons. The smallest absolute Gasteiger partial charge is 0.270 e. The Kier molecular flexibility index (Phi) is 2.90. The monoisotopic (exact) mass is 270 g/mol. The van der Waals surface area contributed by atoms with E-state index in [1.165, 1.54) is 12.1 Å². The Balaban J connectivity index is 2.29. The van der Waals surface area contributed by atoms with E-state index in [4.69, 9.17) is 0 Å². The molecule has 1 amide bonds. The molecule has 3 rings (SSSR count). The molecule has 3 aromatic rings. The minimum absolute atomic E-state index is 0.273. The quantitative estimate of drug-likeness (QED) is 0.773. The highest BCUT2D eigenvalue weighted by atomic mass is 19.1. The molecule has 0 atom stereocenters. The van der Waals surface area contributed by atoms with Gasteiger partial charge in [-0.25, -0.2) is 14.4 Å². The van der Waals surface area contributed by atoms with E-state index < -0.39 is 0 Å². The fourth-order valence-electron chi connectivity index (χ4n) is 2.03. The lowest BCUT2D eigenvalue weighted by atomic mass is 10.1. The van der Waals surface area contributed by atoms with Crippen molar-refractivity contribution in [2.75, 3.05) is 7.05 Å². The predicted molar refractivity (Wildman–Crippen MR) is 71.8 cm³/mol. The maximum Gasteiger partial charge on any atom is 0.270 e. The van der Waals surface area contributed by atoms with Crippen LogP contribution in [0, 0.1) is 5.82 Å². The first-order valence-corrected chi connectivity index (χ1v) is 6.02. The van der Waals surface area contributed by atoms with Crippen LogP contribution >= 0.6 is 0 Å². The predicted octanol–water partition coefficient (Wildman–Crippen LogP) is 1.89. The van der Waals surface area contributed by atoms with E-state index in [2.05, 4.69) is 15.3 Å². The van der Waals surface area contributed by atoms with Crippen LogP contribution in [0.15, 0.2) is 42.7 Å². The largest absolute Gasteiger partial charge is 0.354 e. The number of rotatable bonds is 2. The van der Waals surface area contributed by atoms with Crippen molar-refractivity contribution in [3.8, 4) is 11.3 Å². The Hall–Kier alpha value is -2.76. The van der Waals surface area contributed by atoms with Crippen molar-refractivity contribution in [2.45, 2.75) is 0 Å². The number of fused-ring (bicyclic) bond motifs is 1. The molecule has 1 aromatic carbocycles. The Bertz CT molecular complexity index is 779. The van der Waals surface area contributed by atoms with Crippen molar-refractivity contribution in [3.63, 3.8) is 0 Å². The van der Waals surface area contributed by atoms with Gasteiger partial charge in [0.05, 0.1) is 0 Å². The SMILES string of the molecule is CNC(=O)c1c(-c2ccc(F)cc2)nc2ncccn12. The molecule has 0 bridgehead atoms. The second kappa shape index (κ2) is 4.73. The number of hydrogen-bond donors (Lipinski definition) is 1. The van der Waals surface area contributed by atoms with Crippen LogP contribution in [0.25, 0.3) is 17.0 Å². The van der Waals surface area contributed by atoms with Crippen molar-refractivity contribution in [2.24, 2.45) is 0 Å². The van der Waals surface area contributed by atoms with Crippen LogP contribution in [-0.4, -0.2) is 27.3 Å². The van der Waals surface area contributed by atoms with Gasteiger partial charge in [0.15, 0.2) is 0 Å². The van der Waals surface area contributed by atoms with Crippen LogP contribution in [0.1, 0.15) is 10.5 Å². The van der Waals surface area contributed by atoms with Gasteiger partial charge in [0.2, 0.25) is 5.78 Å². The van der Waals surface area contributed by atoms with Gasteiger partial charge in [-0.15, -0.1) is 0 Å². The van der Waals surface area contributed by atoms with E-state index >= 15 is 0 Å². The number of amides is 1. The topological polar surface area (TPSA) is 59.3 Å². The van der Waals surface area contributed by atoms with Crippen molar-refractivity contribution < 1.29 is 9.18 Å². The van der Waals surface area contributed by atoms with E-state index in [1.807, 2.05) is 0 Å². The number of benzene rings is 1. The molecule has 0 aliphatic carbocycles. The van der Waals surface area contributed by atoms with Crippen molar-refractivity contribution in [1.82, 2.24) is 19.7 Å². The van der Waals surface area contributed by atoms with E-state index in [1.54, 1.807) is 42.0 Å². The Labute approximate surface area is 114 Å². The number of carbonyl (C=O) groups is 1. The summed E-state index contributed by atoms with van der Waals surface area (Å²) in [5, 5.41) is 2.58. The van der Waals surface area contributed by atoms with Gasteiger partial charge in [-0.05, 0) is 30.3 Å². The average Bonchev–Trinajstić information content (AvgIpc) is 2.86. The lowest BCUT2D eigenvalue weighted by molar-refractivity contribution is 0.0958. The molecule has 2 heterocycles. The van der Waals surface area contributed by atoms with Crippen LogP contribution in [0.3, 0.4) is 0 Å². The van der Waals surface area contributed by atoms with Crippen molar-refractivity contribution in [3.05, 3.63) is 54.2 Å². The van der Waals surface area contributed by atoms with Crippen LogP contribution in [0.4, 0.5) is 4.39 Å². The van der Waals surface area contributed by atoms with E-state index in [0.29, 0.717) is 22.7 Å². The molecule has 0 unspecified atom stereocenters. The zero-order chi connectivity index (χ0) is 14.1.